The van der Waals surface area contributed by atoms with E-state index in [1.807, 2.05) is 0 Å². The van der Waals surface area contributed by atoms with Crippen LogP contribution in [0.25, 0.3) is 0 Å². The van der Waals surface area contributed by atoms with Gasteiger partial charge in [-0.25, -0.2) is 23.0 Å². The summed E-state index contributed by atoms with van der Waals surface area (Å²) < 4.78 is 23.0. The van der Waals surface area contributed by atoms with Gasteiger partial charge in [-0.05, 0) is 31.0 Å². The Morgan fingerprint density at radius 3 is 2.43 bits per heavy atom. The fourth-order valence-corrected chi connectivity index (χ4v) is 5.42. The SMILES string of the molecule is CS(=O)(=O)c1sc(NC(=O)Nc2ccc(Cl)cc2C(=O)C2CCCC2)nc1C(=O)O. The van der Waals surface area contributed by atoms with E-state index >= 15 is 0 Å². The van der Waals surface area contributed by atoms with Crippen molar-refractivity contribution in [2.24, 2.45) is 5.92 Å². The molecule has 0 atom stereocenters. The number of carbonyl (C=O) groups is 3. The summed E-state index contributed by atoms with van der Waals surface area (Å²) >= 11 is 6.55. The molecule has 3 N–H and O–H groups in total. The Hall–Kier alpha value is -2.50. The molecular formula is C18H18ClN3O6S2. The summed E-state index contributed by atoms with van der Waals surface area (Å²) in [6, 6.07) is 3.71. The van der Waals surface area contributed by atoms with Crippen LogP contribution in [0, 0.1) is 5.92 Å². The first-order valence-corrected chi connectivity index (χ1v) is 12.0. The maximum atomic E-state index is 12.8. The molecule has 12 heteroatoms. The van der Waals surface area contributed by atoms with Crippen LogP contribution in [0.1, 0.15) is 46.5 Å². The Balaban J connectivity index is 1.82. The Morgan fingerprint density at radius 2 is 1.87 bits per heavy atom. The molecule has 0 aliphatic heterocycles. The highest BCUT2D eigenvalue weighted by molar-refractivity contribution is 7.93. The van der Waals surface area contributed by atoms with Crippen LogP contribution < -0.4 is 10.6 Å². The first-order valence-electron chi connectivity index (χ1n) is 8.92. The van der Waals surface area contributed by atoms with E-state index in [1.54, 1.807) is 0 Å². The van der Waals surface area contributed by atoms with Crippen LogP contribution in [-0.2, 0) is 9.84 Å². The molecule has 0 saturated heterocycles. The number of nitrogens with zero attached hydrogens (tertiary/aromatic N) is 1. The highest BCUT2D eigenvalue weighted by Crippen LogP contribution is 2.32. The smallest absolute Gasteiger partial charge is 0.356 e. The van der Waals surface area contributed by atoms with Crippen molar-refractivity contribution < 1.29 is 27.9 Å². The van der Waals surface area contributed by atoms with Crippen molar-refractivity contribution in [1.82, 2.24) is 4.98 Å². The van der Waals surface area contributed by atoms with Crippen molar-refractivity contribution in [2.75, 3.05) is 16.9 Å². The van der Waals surface area contributed by atoms with Gasteiger partial charge in [0.1, 0.15) is 0 Å². The second kappa shape index (κ2) is 8.70. The van der Waals surface area contributed by atoms with Gasteiger partial charge in [0, 0.05) is 22.8 Å². The summed E-state index contributed by atoms with van der Waals surface area (Å²) in [7, 11) is -3.84. The Bertz CT molecular complexity index is 1120. The molecule has 1 heterocycles. The minimum Gasteiger partial charge on any atom is -0.476 e. The third-order valence-corrected chi connectivity index (χ3v) is 7.60. The number of Topliss-reactive ketones (excluding diaryl/α,β-unsaturated/α-hetero) is 1. The van der Waals surface area contributed by atoms with E-state index in [-0.39, 0.29) is 28.1 Å². The van der Waals surface area contributed by atoms with Gasteiger partial charge in [0.15, 0.2) is 30.7 Å². The van der Waals surface area contributed by atoms with Crippen LogP contribution in [0.5, 0.6) is 0 Å². The number of carboxylic acid groups (broad SMARTS) is 1. The molecule has 9 nitrogen and oxygen atoms in total. The number of sulfone groups is 1. The zero-order valence-corrected chi connectivity index (χ0v) is 18.2. The van der Waals surface area contributed by atoms with Gasteiger partial charge in [-0.3, -0.25) is 10.1 Å². The van der Waals surface area contributed by atoms with E-state index in [1.165, 1.54) is 18.2 Å². The number of hydrogen-bond acceptors (Lipinski definition) is 7. The molecule has 3 rings (SSSR count). The van der Waals surface area contributed by atoms with Crippen molar-refractivity contribution >= 4 is 61.4 Å². The molecule has 1 aromatic carbocycles. The van der Waals surface area contributed by atoms with Crippen LogP contribution in [0.3, 0.4) is 0 Å². The number of nitrogens with one attached hydrogen (secondary N) is 2. The van der Waals surface area contributed by atoms with Gasteiger partial charge in [0.05, 0.1) is 5.69 Å². The number of amides is 2. The summed E-state index contributed by atoms with van der Waals surface area (Å²) in [6.07, 6.45) is 4.35. The predicted octanol–water partition coefficient (Wildman–Crippen LogP) is 3.92. The molecule has 160 valence electrons. The second-order valence-electron chi connectivity index (χ2n) is 6.85. The minimum atomic E-state index is -3.84. The lowest BCUT2D eigenvalue weighted by Crippen LogP contribution is -2.22. The Kier molecular flexibility index (Phi) is 6.44. The molecule has 0 spiro atoms. The molecule has 1 aromatic heterocycles. The zero-order valence-electron chi connectivity index (χ0n) is 15.8. The molecule has 0 unspecified atom stereocenters. The highest BCUT2D eigenvalue weighted by atomic mass is 35.5. The lowest BCUT2D eigenvalue weighted by Gasteiger charge is -2.14. The van der Waals surface area contributed by atoms with Crippen LogP contribution in [0.15, 0.2) is 22.4 Å². The van der Waals surface area contributed by atoms with Gasteiger partial charge in [0.2, 0.25) is 0 Å². The number of rotatable bonds is 6. The van der Waals surface area contributed by atoms with Crippen molar-refractivity contribution in [1.29, 1.82) is 0 Å². The maximum Gasteiger partial charge on any atom is 0.356 e. The number of thiazole rings is 1. The third kappa shape index (κ3) is 4.97. The van der Waals surface area contributed by atoms with Gasteiger partial charge in [0.25, 0.3) is 0 Å². The highest BCUT2D eigenvalue weighted by Gasteiger charge is 2.27. The maximum absolute atomic E-state index is 12.8. The quantitative estimate of drug-likeness (QED) is 0.542. The topological polar surface area (TPSA) is 143 Å². The second-order valence-corrected chi connectivity index (χ2v) is 10.5. The van der Waals surface area contributed by atoms with E-state index in [4.69, 9.17) is 16.7 Å². The van der Waals surface area contributed by atoms with Gasteiger partial charge in [-0.15, -0.1) is 0 Å². The number of carbonyl (C=O) groups excluding carboxylic acids is 2. The molecule has 30 heavy (non-hydrogen) atoms. The summed E-state index contributed by atoms with van der Waals surface area (Å²) in [5, 5.41) is 14.1. The number of urea groups is 1. The van der Waals surface area contributed by atoms with Gasteiger partial charge < -0.3 is 10.4 Å². The van der Waals surface area contributed by atoms with Gasteiger partial charge >= 0.3 is 12.0 Å². The van der Waals surface area contributed by atoms with Crippen LogP contribution in [0.2, 0.25) is 5.02 Å². The Labute approximate surface area is 181 Å². The number of aromatic carboxylic acids is 1. The molecule has 1 saturated carbocycles. The number of benzene rings is 1. The van der Waals surface area contributed by atoms with E-state index in [2.05, 4.69) is 15.6 Å². The van der Waals surface area contributed by atoms with Crippen LogP contribution in [0.4, 0.5) is 15.6 Å². The normalized spacial score (nSPS) is 14.5. The molecule has 2 aromatic rings. The number of ketones is 1. The lowest BCUT2D eigenvalue weighted by molar-refractivity contribution is 0.0687. The van der Waals surface area contributed by atoms with Crippen LogP contribution in [-0.4, -0.2) is 42.5 Å². The number of halogens is 1. The molecule has 0 bridgehead atoms. The molecule has 2 amide bonds. The number of anilines is 2. The minimum absolute atomic E-state index is 0.105. The summed E-state index contributed by atoms with van der Waals surface area (Å²) in [5.74, 6) is -1.75. The first kappa shape index (κ1) is 22.2. The fraction of sp³-hybridized carbons (Fsp3) is 0.333. The summed E-state index contributed by atoms with van der Waals surface area (Å²) in [4.78, 5) is 40.1. The largest absolute Gasteiger partial charge is 0.476 e. The molecular weight excluding hydrogens is 454 g/mol. The predicted molar refractivity (Wildman–Crippen MR) is 113 cm³/mol. The number of carboxylic acids is 1. The van der Waals surface area contributed by atoms with Gasteiger partial charge in [-0.2, -0.15) is 0 Å². The van der Waals surface area contributed by atoms with Crippen molar-refractivity contribution in [2.45, 2.75) is 29.9 Å². The lowest BCUT2D eigenvalue weighted by atomic mass is 9.95. The average Bonchev–Trinajstić information content (AvgIpc) is 3.32. The summed E-state index contributed by atoms with van der Waals surface area (Å²) in [6.45, 7) is 0. The average molecular weight is 472 g/mol. The fourth-order valence-electron chi connectivity index (χ4n) is 3.23. The van der Waals surface area contributed by atoms with Crippen molar-refractivity contribution in [3.05, 3.63) is 34.5 Å². The van der Waals surface area contributed by atoms with Crippen molar-refractivity contribution in [3.63, 3.8) is 0 Å². The number of hydrogen-bond donors (Lipinski definition) is 3. The summed E-state index contributed by atoms with van der Waals surface area (Å²) in [5.41, 5.74) is -0.139. The number of aromatic nitrogens is 1. The third-order valence-electron chi connectivity index (χ3n) is 4.58. The van der Waals surface area contributed by atoms with Crippen LogP contribution >= 0.6 is 22.9 Å². The van der Waals surface area contributed by atoms with E-state index in [0.717, 1.165) is 31.9 Å². The van der Waals surface area contributed by atoms with Gasteiger partial charge in [-0.1, -0.05) is 35.8 Å². The molecule has 1 fully saturated rings. The standard InChI is InChI=1S/C18H18ClN3O6S2/c1-30(27,28)16-13(15(24)25)21-18(29-16)22-17(26)20-12-7-6-10(19)8-11(12)14(23)9-4-2-3-5-9/h6-9H,2-5H2,1H3,(H,24,25)(H2,20,21,22,26). The monoisotopic (exact) mass is 471 g/mol. The van der Waals surface area contributed by atoms with E-state index < -0.39 is 31.7 Å². The molecule has 1 aliphatic rings. The van der Waals surface area contributed by atoms with E-state index in [9.17, 15) is 22.8 Å². The first-order chi connectivity index (χ1) is 14.1. The molecule has 0 radical (unpaired) electrons. The Morgan fingerprint density at radius 1 is 1.20 bits per heavy atom. The van der Waals surface area contributed by atoms with Crippen molar-refractivity contribution in [3.8, 4) is 0 Å². The van der Waals surface area contributed by atoms with E-state index in [0.29, 0.717) is 16.4 Å². The molecule has 1 aliphatic carbocycles. The zero-order chi connectivity index (χ0) is 22.1.